The second-order valence-corrected chi connectivity index (χ2v) is 5.25. The molecule has 6 nitrogen and oxygen atoms in total. The Hall–Kier alpha value is -2.86. The van der Waals surface area contributed by atoms with E-state index in [0.29, 0.717) is 22.0 Å². The van der Waals surface area contributed by atoms with Gasteiger partial charge < -0.3 is 10.1 Å². The summed E-state index contributed by atoms with van der Waals surface area (Å²) in [7, 11) is 1.57. The number of anilines is 1. The van der Waals surface area contributed by atoms with Gasteiger partial charge in [-0.15, -0.1) is 0 Å². The van der Waals surface area contributed by atoms with Gasteiger partial charge in [-0.25, -0.2) is 5.43 Å². The van der Waals surface area contributed by atoms with E-state index >= 15 is 0 Å². The number of nitrogens with one attached hydrogen (secondary N) is 2. The van der Waals surface area contributed by atoms with E-state index in [2.05, 4.69) is 15.8 Å². The summed E-state index contributed by atoms with van der Waals surface area (Å²) in [6.07, 6.45) is 1.43. The molecule has 0 atom stereocenters. The van der Waals surface area contributed by atoms with Crippen molar-refractivity contribution in [2.75, 3.05) is 12.4 Å². The van der Waals surface area contributed by atoms with Crippen molar-refractivity contribution < 1.29 is 14.3 Å². The summed E-state index contributed by atoms with van der Waals surface area (Å²) in [5, 5.41) is 6.74. The van der Waals surface area contributed by atoms with Crippen LogP contribution in [0.4, 0.5) is 5.69 Å². The molecule has 0 radical (unpaired) electrons. The molecule has 0 spiro atoms. The Balaban J connectivity index is 1.92. The van der Waals surface area contributed by atoms with Crippen LogP contribution in [0.3, 0.4) is 0 Å². The van der Waals surface area contributed by atoms with Crippen LogP contribution in [-0.2, 0) is 9.59 Å². The molecule has 0 aliphatic carbocycles. The minimum atomic E-state index is -0.876. The number of hydrogen-bond acceptors (Lipinski definition) is 4. The first-order valence-electron chi connectivity index (χ1n) is 7.05. The van der Waals surface area contributed by atoms with E-state index in [9.17, 15) is 9.59 Å². The molecule has 0 unspecified atom stereocenters. The molecule has 24 heavy (non-hydrogen) atoms. The van der Waals surface area contributed by atoms with Gasteiger partial charge in [0.15, 0.2) is 0 Å². The Morgan fingerprint density at radius 1 is 1.12 bits per heavy atom. The van der Waals surface area contributed by atoms with Crippen molar-refractivity contribution in [1.29, 1.82) is 0 Å². The molecule has 2 aromatic carbocycles. The number of methoxy groups -OCH3 is 1. The van der Waals surface area contributed by atoms with Crippen molar-refractivity contribution in [2.45, 2.75) is 6.92 Å². The van der Waals surface area contributed by atoms with Crippen LogP contribution in [0.5, 0.6) is 5.75 Å². The van der Waals surface area contributed by atoms with Gasteiger partial charge >= 0.3 is 11.8 Å². The standard InChI is InChI=1S/C17H16ClN3O3/c1-11-14(18)4-3-5-15(11)20-16(22)17(23)21-19-10-12-6-8-13(24-2)9-7-12/h3-10H,1-2H3,(H,20,22)(H,21,23). The zero-order valence-electron chi connectivity index (χ0n) is 13.2. The molecule has 0 aromatic heterocycles. The Labute approximate surface area is 144 Å². The van der Waals surface area contributed by atoms with E-state index in [4.69, 9.17) is 16.3 Å². The monoisotopic (exact) mass is 345 g/mol. The third-order valence-electron chi connectivity index (χ3n) is 3.22. The fourth-order valence-corrected chi connectivity index (χ4v) is 2.00. The summed E-state index contributed by atoms with van der Waals surface area (Å²) in [5.41, 5.74) is 4.08. The summed E-state index contributed by atoms with van der Waals surface area (Å²) in [4.78, 5) is 23.6. The molecule has 7 heteroatoms. The van der Waals surface area contributed by atoms with Gasteiger partial charge in [0, 0.05) is 10.7 Å². The van der Waals surface area contributed by atoms with E-state index in [1.807, 2.05) is 0 Å². The average Bonchev–Trinajstić information content (AvgIpc) is 2.59. The molecule has 0 heterocycles. The highest BCUT2D eigenvalue weighted by molar-refractivity contribution is 6.40. The van der Waals surface area contributed by atoms with Crippen molar-refractivity contribution in [3.8, 4) is 5.75 Å². The van der Waals surface area contributed by atoms with Crippen LogP contribution in [0.15, 0.2) is 47.6 Å². The number of benzene rings is 2. The normalized spacial score (nSPS) is 10.5. The van der Waals surface area contributed by atoms with Crippen LogP contribution in [0.25, 0.3) is 0 Å². The number of halogens is 1. The third kappa shape index (κ3) is 4.57. The Morgan fingerprint density at radius 2 is 1.83 bits per heavy atom. The maximum absolute atomic E-state index is 11.8. The van der Waals surface area contributed by atoms with Gasteiger partial charge in [0.2, 0.25) is 0 Å². The highest BCUT2D eigenvalue weighted by atomic mass is 35.5. The van der Waals surface area contributed by atoms with Crippen molar-refractivity contribution in [3.63, 3.8) is 0 Å². The Morgan fingerprint density at radius 3 is 2.50 bits per heavy atom. The Bertz CT molecular complexity index is 773. The maximum atomic E-state index is 11.8. The summed E-state index contributed by atoms with van der Waals surface area (Å²) in [6.45, 7) is 1.75. The number of carbonyl (C=O) groups is 2. The quantitative estimate of drug-likeness (QED) is 0.508. The van der Waals surface area contributed by atoms with Gasteiger partial charge in [0.25, 0.3) is 0 Å². The second-order valence-electron chi connectivity index (χ2n) is 4.84. The topological polar surface area (TPSA) is 79.8 Å². The molecular weight excluding hydrogens is 330 g/mol. The van der Waals surface area contributed by atoms with Gasteiger partial charge in [0.05, 0.1) is 13.3 Å². The summed E-state index contributed by atoms with van der Waals surface area (Å²) in [6, 6.07) is 12.1. The molecule has 0 fully saturated rings. The molecule has 2 aromatic rings. The lowest BCUT2D eigenvalue weighted by Gasteiger charge is -2.08. The number of hydrogen-bond donors (Lipinski definition) is 2. The van der Waals surface area contributed by atoms with Crippen molar-refractivity contribution in [2.24, 2.45) is 5.10 Å². The maximum Gasteiger partial charge on any atom is 0.329 e. The van der Waals surface area contributed by atoms with E-state index in [0.717, 1.165) is 5.56 Å². The van der Waals surface area contributed by atoms with Crippen LogP contribution >= 0.6 is 11.6 Å². The average molecular weight is 346 g/mol. The zero-order valence-corrected chi connectivity index (χ0v) is 13.9. The molecule has 0 aliphatic rings. The van der Waals surface area contributed by atoms with Crippen molar-refractivity contribution in [3.05, 3.63) is 58.6 Å². The first-order chi connectivity index (χ1) is 11.5. The van der Waals surface area contributed by atoms with E-state index in [1.165, 1.54) is 6.21 Å². The van der Waals surface area contributed by atoms with Crippen LogP contribution in [-0.4, -0.2) is 25.1 Å². The summed E-state index contributed by atoms with van der Waals surface area (Å²) in [5.74, 6) is -0.987. The van der Waals surface area contributed by atoms with Crippen molar-refractivity contribution in [1.82, 2.24) is 5.43 Å². The van der Waals surface area contributed by atoms with E-state index in [-0.39, 0.29) is 0 Å². The van der Waals surface area contributed by atoms with Gasteiger partial charge in [-0.1, -0.05) is 17.7 Å². The largest absolute Gasteiger partial charge is 0.497 e. The number of amides is 2. The number of ether oxygens (including phenoxy) is 1. The number of nitrogens with zero attached hydrogens (tertiary/aromatic N) is 1. The third-order valence-corrected chi connectivity index (χ3v) is 3.63. The summed E-state index contributed by atoms with van der Waals surface area (Å²) < 4.78 is 5.04. The highest BCUT2D eigenvalue weighted by Gasteiger charge is 2.14. The van der Waals surface area contributed by atoms with Crippen LogP contribution in [0.1, 0.15) is 11.1 Å². The SMILES string of the molecule is COc1ccc(C=NNC(=O)C(=O)Nc2cccc(Cl)c2C)cc1. The first kappa shape index (κ1) is 17.5. The highest BCUT2D eigenvalue weighted by Crippen LogP contribution is 2.22. The predicted molar refractivity (Wildman–Crippen MR) is 93.5 cm³/mol. The molecule has 0 bridgehead atoms. The van der Waals surface area contributed by atoms with Gasteiger partial charge in [0.1, 0.15) is 5.75 Å². The lowest BCUT2D eigenvalue weighted by molar-refractivity contribution is -0.136. The molecule has 0 saturated carbocycles. The number of rotatable bonds is 4. The van der Waals surface area contributed by atoms with Crippen LogP contribution in [0.2, 0.25) is 5.02 Å². The Kier molecular flexibility index (Phi) is 5.92. The smallest absolute Gasteiger partial charge is 0.329 e. The summed E-state index contributed by atoms with van der Waals surface area (Å²) >= 11 is 5.97. The van der Waals surface area contributed by atoms with Gasteiger partial charge in [-0.05, 0) is 54.4 Å². The lowest BCUT2D eigenvalue weighted by atomic mass is 10.2. The molecule has 124 valence electrons. The fraction of sp³-hybridized carbons (Fsp3) is 0.118. The molecule has 0 saturated heterocycles. The number of hydrazone groups is 1. The fourth-order valence-electron chi connectivity index (χ4n) is 1.83. The minimum absolute atomic E-state index is 0.474. The molecule has 2 amide bonds. The van der Waals surface area contributed by atoms with E-state index in [1.54, 1.807) is 56.5 Å². The molecular formula is C17H16ClN3O3. The number of carbonyl (C=O) groups excluding carboxylic acids is 2. The molecule has 2 rings (SSSR count). The van der Waals surface area contributed by atoms with E-state index < -0.39 is 11.8 Å². The van der Waals surface area contributed by atoms with Crippen LogP contribution < -0.4 is 15.5 Å². The zero-order chi connectivity index (χ0) is 17.5. The lowest BCUT2D eigenvalue weighted by Crippen LogP contribution is -2.32. The molecule has 0 aliphatic heterocycles. The second kappa shape index (κ2) is 8.12. The molecule has 2 N–H and O–H groups in total. The minimum Gasteiger partial charge on any atom is -0.497 e. The van der Waals surface area contributed by atoms with Crippen LogP contribution in [0, 0.1) is 6.92 Å². The van der Waals surface area contributed by atoms with Gasteiger partial charge in [-0.2, -0.15) is 5.10 Å². The van der Waals surface area contributed by atoms with Crippen molar-refractivity contribution >= 4 is 35.3 Å². The first-order valence-corrected chi connectivity index (χ1v) is 7.42. The van der Waals surface area contributed by atoms with Gasteiger partial charge in [-0.3, -0.25) is 9.59 Å². The predicted octanol–water partition coefficient (Wildman–Crippen LogP) is 2.75.